The van der Waals surface area contributed by atoms with Crippen LogP contribution in [0.4, 0.5) is 0 Å². The number of piperidine rings is 1. The molecule has 2 rings (SSSR count). The monoisotopic (exact) mass is 302 g/mol. The smallest absolute Gasteiger partial charge is 0.0409 e. The molecule has 0 radical (unpaired) electrons. The summed E-state index contributed by atoms with van der Waals surface area (Å²) in [6.45, 7) is 5.44. The minimum absolute atomic E-state index is 0. The third-order valence-electron chi connectivity index (χ3n) is 4.00. The molecule has 1 aromatic rings. The second-order valence-electron chi connectivity index (χ2n) is 5.31. The second kappa shape index (κ2) is 8.11. The molecule has 19 heavy (non-hydrogen) atoms. The molecular formula is C15H24Cl2N2. The van der Waals surface area contributed by atoms with Crippen molar-refractivity contribution in [3.8, 4) is 0 Å². The molecule has 1 aromatic carbocycles. The Bertz CT molecular complexity index is 382. The molecule has 1 heterocycles. The van der Waals surface area contributed by atoms with Crippen LogP contribution in [0.25, 0.3) is 0 Å². The van der Waals surface area contributed by atoms with E-state index in [1.807, 2.05) is 12.1 Å². The van der Waals surface area contributed by atoms with Crippen molar-refractivity contribution in [3.05, 3.63) is 34.9 Å². The Morgan fingerprint density at radius 3 is 2.95 bits per heavy atom. The Morgan fingerprint density at radius 1 is 1.47 bits per heavy atom. The molecule has 1 aliphatic rings. The highest BCUT2D eigenvalue weighted by molar-refractivity contribution is 6.30. The molecule has 2 unspecified atom stereocenters. The largest absolute Gasteiger partial charge is 0.330 e. The van der Waals surface area contributed by atoms with Gasteiger partial charge in [-0.25, -0.2) is 0 Å². The van der Waals surface area contributed by atoms with E-state index in [9.17, 15) is 0 Å². The van der Waals surface area contributed by atoms with E-state index in [2.05, 4.69) is 24.0 Å². The van der Waals surface area contributed by atoms with Crippen molar-refractivity contribution in [1.82, 2.24) is 4.90 Å². The van der Waals surface area contributed by atoms with Crippen LogP contribution in [0.5, 0.6) is 0 Å². The Morgan fingerprint density at radius 2 is 2.26 bits per heavy atom. The predicted molar refractivity (Wildman–Crippen MR) is 85.1 cm³/mol. The van der Waals surface area contributed by atoms with Gasteiger partial charge in [0.1, 0.15) is 0 Å². The number of nitrogens with zero attached hydrogens (tertiary/aromatic N) is 1. The number of hydrogen-bond donors (Lipinski definition) is 1. The molecule has 2 atom stereocenters. The summed E-state index contributed by atoms with van der Waals surface area (Å²) in [4.78, 5) is 2.56. The van der Waals surface area contributed by atoms with Crippen LogP contribution in [0.3, 0.4) is 0 Å². The predicted octanol–water partition coefficient (Wildman–Crippen LogP) is 3.88. The molecule has 2 N–H and O–H groups in total. The van der Waals surface area contributed by atoms with Crippen LogP contribution in [0.15, 0.2) is 24.3 Å². The van der Waals surface area contributed by atoms with E-state index >= 15 is 0 Å². The van der Waals surface area contributed by atoms with Gasteiger partial charge in [0.25, 0.3) is 0 Å². The molecule has 1 fully saturated rings. The van der Waals surface area contributed by atoms with Crippen molar-refractivity contribution in [3.63, 3.8) is 0 Å². The number of nitrogens with two attached hydrogens (primary N) is 1. The van der Waals surface area contributed by atoms with Gasteiger partial charge >= 0.3 is 0 Å². The lowest BCUT2D eigenvalue weighted by Crippen LogP contribution is -2.37. The molecule has 108 valence electrons. The van der Waals surface area contributed by atoms with E-state index in [0.29, 0.717) is 6.04 Å². The zero-order valence-electron chi connectivity index (χ0n) is 11.5. The number of hydrogen-bond acceptors (Lipinski definition) is 2. The van der Waals surface area contributed by atoms with Gasteiger partial charge < -0.3 is 5.73 Å². The summed E-state index contributed by atoms with van der Waals surface area (Å²) >= 11 is 6.07. The average molecular weight is 303 g/mol. The van der Waals surface area contributed by atoms with Crippen molar-refractivity contribution in [2.24, 2.45) is 11.7 Å². The van der Waals surface area contributed by atoms with Gasteiger partial charge in [-0.1, -0.05) is 23.7 Å². The van der Waals surface area contributed by atoms with E-state index in [-0.39, 0.29) is 12.4 Å². The molecule has 0 saturated carbocycles. The molecule has 2 nitrogen and oxygen atoms in total. The first-order valence-corrected chi connectivity index (χ1v) is 7.28. The van der Waals surface area contributed by atoms with Crippen molar-refractivity contribution >= 4 is 24.0 Å². The first-order valence-electron chi connectivity index (χ1n) is 6.90. The highest BCUT2D eigenvalue weighted by Crippen LogP contribution is 2.28. The van der Waals surface area contributed by atoms with E-state index in [0.717, 1.165) is 23.9 Å². The van der Waals surface area contributed by atoms with Gasteiger partial charge in [0.2, 0.25) is 0 Å². The van der Waals surface area contributed by atoms with Crippen molar-refractivity contribution in [2.45, 2.75) is 32.2 Å². The number of halogens is 2. The van der Waals surface area contributed by atoms with Gasteiger partial charge in [0, 0.05) is 17.6 Å². The van der Waals surface area contributed by atoms with Crippen LogP contribution < -0.4 is 5.73 Å². The van der Waals surface area contributed by atoms with Gasteiger partial charge in [-0.15, -0.1) is 12.4 Å². The molecule has 0 bridgehead atoms. The first-order chi connectivity index (χ1) is 8.70. The fraction of sp³-hybridized carbons (Fsp3) is 0.600. The molecule has 0 amide bonds. The maximum Gasteiger partial charge on any atom is 0.0409 e. The highest BCUT2D eigenvalue weighted by Gasteiger charge is 2.23. The summed E-state index contributed by atoms with van der Waals surface area (Å²) in [6.07, 6.45) is 3.77. The van der Waals surface area contributed by atoms with Crippen LogP contribution in [0.2, 0.25) is 5.02 Å². The van der Waals surface area contributed by atoms with Crippen molar-refractivity contribution in [1.29, 1.82) is 0 Å². The minimum atomic E-state index is 0. The van der Waals surface area contributed by atoms with Gasteiger partial charge in [-0.2, -0.15) is 0 Å². The standard InChI is InChI=1S/C15H23ClN2.ClH/c1-12(14-5-2-6-15(16)10-14)18-9-3-4-13(11-18)7-8-17;/h2,5-6,10,12-13H,3-4,7-9,11,17H2,1H3;1H. The summed E-state index contributed by atoms with van der Waals surface area (Å²) in [5.41, 5.74) is 6.99. The number of benzene rings is 1. The first kappa shape index (κ1) is 16.8. The van der Waals surface area contributed by atoms with Gasteiger partial charge in [-0.05, 0) is 62.9 Å². The van der Waals surface area contributed by atoms with Crippen LogP contribution in [-0.4, -0.2) is 24.5 Å². The van der Waals surface area contributed by atoms with E-state index in [4.69, 9.17) is 17.3 Å². The van der Waals surface area contributed by atoms with Crippen molar-refractivity contribution in [2.75, 3.05) is 19.6 Å². The summed E-state index contributed by atoms with van der Waals surface area (Å²) in [5, 5.41) is 0.829. The topological polar surface area (TPSA) is 29.3 Å². The molecule has 0 aromatic heterocycles. The lowest BCUT2D eigenvalue weighted by atomic mass is 9.93. The Balaban J connectivity index is 0.00000180. The highest BCUT2D eigenvalue weighted by atomic mass is 35.5. The molecule has 4 heteroatoms. The number of rotatable bonds is 4. The normalized spacial score (nSPS) is 21.7. The molecule has 0 spiro atoms. The maximum absolute atomic E-state index is 6.07. The Hall–Kier alpha value is -0.280. The average Bonchev–Trinajstić information content (AvgIpc) is 2.39. The van der Waals surface area contributed by atoms with Crippen LogP contribution in [0, 0.1) is 5.92 Å². The fourth-order valence-corrected chi connectivity index (χ4v) is 3.10. The zero-order valence-corrected chi connectivity index (χ0v) is 13.1. The summed E-state index contributed by atoms with van der Waals surface area (Å²) < 4.78 is 0. The third kappa shape index (κ3) is 4.64. The Labute approximate surface area is 127 Å². The molecule has 1 saturated heterocycles. The maximum atomic E-state index is 6.07. The molecule has 0 aliphatic carbocycles. The van der Waals surface area contributed by atoms with Crippen LogP contribution >= 0.6 is 24.0 Å². The third-order valence-corrected chi connectivity index (χ3v) is 4.24. The summed E-state index contributed by atoms with van der Waals surface area (Å²) in [7, 11) is 0. The second-order valence-corrected chi connectivity index (χ2v) is 5.75. The van der Waals surface area contributed by atoms with Gasteiger partial charge in [0.05, 0.1) is 0 Å². The zero-order chi connectivity index (χ0) is 13.0. The fourth-order valence-electron chi connectivity index (χ4n) is 2.90. The lowest BCUT2D eigenvalue weighted by molar-refractivity contribution is 0.128. The van der Waals surface area contributed by atoms with Gasteiger partial charge in [0.15, 0.2) is 0 Å². The van der Waals surface area contributed by atoms with E-state index in [1.54, 1.807) is 0 Å². The van der Waals surface area contributed by atoms with Crippen LogP contribution in [-0.2, 0) is 0 Å². The molecule has 1 aliphatic heterocycles. The Kier molecular flexibility index (Phi) is 7.16. The van der Waals surface area contributed by atoms with E-state index in [1.165, 1.54) is 31.5 Å². The van der Waals surface area contributed by atoms with Gasteiger partial charge in [-0.3, -0.25) is 4.90 Å². The van der Waals surface area contributed by atoms with E-state index < -0.39 is 0 Å². The minimum Gasteiger partial charge on any atom is -0.330 e. The molecular weight excluding hydrogens is 279 g/mol. The number of likely N-dealkylation sites (tertiary alicyclic amines) is 1. The quantitative estimate of drug-likeness (QED) is 0.914. The summed E-state index contributed by atoms with van der Waals surface area (Å²) in [6, 6.07) is 8.67. The summed E-state index contributed by atoms with van der Waals surface area (Å²) in [5.74, 6) is 0.769. The lowest BCUT2D eigenvalue weighted by Gasteiger charge is -2.37. The van der Waals surface area contributed by atoms with Crippen LogP contribution in [0.1, 0.15) is 37.8 Å². The SMILES string of the molecule is CC(c1cccc(Cl)c1)N1CCCC(CCN)C1.Cl. The van der Waals surface area contributed by atoms with Crippen molar-refractivity contribution < 1.29 is 0 Å².